The molecule has 4 heteroatoms. The highest BCUT2D eigenvalue weighted by Gasteiger charge is 2.18. The molecule has 0 bridgehead atoms. The van der Waals surface area contributed by atoms with E-state index in [1.54, 1.807) is 12.1 Å². The van der Waals surface area contributed by atoms with E-state index in [2.05, 4.69) is 21.2 Å². The molecule has 1 nitrogen and oxygen atoms in total. The summed E-state index contributed by atoms with van der Waals surface area (Å²) in [6.45, 7) is 2.76. The van der Waals surface area contributed by atoms with E-state index in [0.29, 0.717) is 17.0 Å². The summed E-state index contributed by atoms with van der Waals surface area (Å²) in [5, 5.41) is 3.77. The predicted molar refractivity (Wildman–Crippen MR) is 85.7 cm³/mol. The van der Waals surface area contributed by atoms with Gasteiger partial charge in [-0.2, -0.15) is 0 Å². The molecule has 0 aliphatic rings. The molecular formula is C16H16BrClFN. The highest BCUT2D eigenvalue weighted by molar-refractivity contribution is 9.10. The van der Waals surface area contributed by atoms with Gasteiger partial charge in [-0.15, -0.1) is 0 Å². The summed E-state index contributed by atoms with van der Waals surface area (Å²) in [4.78, 5) is 0. The van der Waals surface area contributed by atoms with E-state index in [0.717, 1.165) is 16.6 Å². The number of halogens is 3. The maximum Gasteiger partial charge on any atom is 0.129 e. The zero-order chi connectivity index (χ0) is 14.5. The summed E-state index contributed by atoms with van der Waals surface area (Å²) in [5.74, 6) is -0.263. The minimum absolute atomic E-state index is 0.130. The van der Waals surface area contributed by atoms with Crippen molar-refractivity contribution in [2.24, 2.45) is 0 Å². The van der Waals surface area contributed by atoms with E-state index < -0.39 is 0 Å². The molecule has 0 spiro atoms. The molecule has 0 heterocycles. The van der Waals surface area contributed by atoms with Gasteiger partial charge in [0.25, 0.3) is 0 Å². The van der Waals surface area contributed by atoms with Gasteiger partial charge < -0.3 is 5.32 Å². The molecule has 0 saturated heterocycles. The Balaban J connectivity index is 2.29. The van der Waals surface area contributed by atoms with Gasteiger partial charge in [-0.1, -0.05) is 52.7 Å². The third kappa shape index (κ3) is 3.81. The van der Waals surface area contributed by atoms with Crippen LogP contribution in [0.2, 0.25) is 5.02 Å². The second-order valence-corrected chi connectivity index (χ2v) is 5.90. The molecule has 0 radical (unpaired) electrons. The third-order valence-corrected chi connectivity index (χ3v) is 4.01. The molecule has 2 aromatic rings. The van der Waals surface area contributed by atoms with Crippen LogP contribution in [-0.4, -0.2) is 6.54 Å². The number of nitrogens with one attached hydrogen (secondary N) is 1. The quantitative estimate of drug-likeness (QED) is 0.782. The van der Waals surface area contributed by atoms with Gasteiger partial charge in [-0.3, -0.25) is 0 Å². The molecule has 0 aromatic heterocycles. The molecule has 0 fully saturated rings. The van der Waals surface area contributed by atoms with Crippen LogP contribution in [0.3, 0.4) is 0 Å². The van der Waals surface area contributed by atoms with E-state index in [-0.39, 0.29) is 11.9 Å². The fraction of sp³-hybridized carbons (Fsp3) is 0.250. The largest absolute Gasteiger partial charge is 0.310 e. The van der Waals surface area contributed by atoms with Crippen molar-refractivity contribution in [3.63, 3.8) is 0 Å². The predicted octanol–water partition coefficient (Wildman–Crippen LogP) is 5.13. The Morgan fingerprint density at radius 3 is 2.50 bits per heavy atom. The summed E-state index contributed by atoms with van der Waals surface area (Å²) in [6, 6.07) is 12.7. The molecule has 1 atom stereocenters. The lowest BCUT2D eigenvalue weighted by molar-refractivity contribution is 0.510. The first-order valence-corrected chi connectivity index (χ1v) is 7.70. The van der Waals surface area contributed by atoms with Gasteiger partial charge in [0.15, 0.2) is 0 Å². The van der Waals surface area contributed by atoms with Crippen LogP contribution in [0.5, 0.6) is 0 Å². The molecule has 0 amide bonds. The van der Waals surface area contributed by atoms with E-state index in [1.807, 2.05) is 31.2 Å². The summed E-state index contributed by atoms with van der Waals surface area (Å²) < 4.78 is 15.1. The van der Waals surface area contributed by atoms with Crippen LogP contribution in [0.15, 0.2) is 46.9 Å². The number of hydrogen-bond donors (Lipinski definition) is 1. The Morgan fingerprint density at radius 1 is 1.20 bits per heavy atom. The van der Waals surface area contributed by atoms with Crippen LogP contribution in [0, 0.1) is 5.82 Å². The Kier molecular flexibility index (Phi) is 5.58. The second-order valence-electron chi connectivity index (χ2n) is 4.58. The van der Waals surface area contributed by atoms with Crippen molar-refractivity contribution < 1.29 is 4.39 Å². The first kappa shape index (κ1) is 15.5. The summed E-state index contributed by atoms with van der Waals surface area (Å²) in [5.41, 5.74) is 1.68. The fourth-order valence-corrected chi connectivity index (χ4v) is 2.78. The van der Waals surface area contributed by atoms with E-state index in [9.17, 15) is 4.39 Å². The monoisotopic (exact) mass is 355 g/mol. The standard InChI is InChI=1S/C16H16BrClFN/c1-2-20-15(10-11-6-8-12(17)9-7-11)16-13(18)4-3-5-14(16)19/h3-9,15,20H,2,10H2,1H3. The first-order valence-electron chi connectivity index (χ1n) is 6.53. The van der Waals surface area contributed by atoms with Gasteiger partial charge >= 0.3 is 0 Å². The van der Waals surface area contributed by atoms with Crippen molar-refractivity contribution in [3.05, 3.63) is 68.9 Å². The van der Waals surface area contributed by atoms with Crippen LogP contribution < -0.4 is 5.32 Å². The van der Waals surface area contributed by atoms with E-state index in [4.69, 9.17) is 11.6 Å². The minimum atomic E-state index is -0.263. The molecule has 1 N–H and O–H groups in total. The summed E-state index contributed by atoms with van der Waals surface area (Å²) >= 11 is 9.58. The summed E-state index contributed by atoms with van der Waals surface area (Å²) in [7, 11) is 0. The second kappa shape index (κ2) is 7.21. The van der Waals surface area contributed by atoms with Crippen molar-refractivity contribution >= 4 is 27.5 Å². The van der Waals surface area contributed by atoms with Gasteiger partial charge in [0, 0.05) is 21.1 Å². The number of likely N-dealkylation sites (N-methyl/N-ethyl adjacent to an activating group) is 1. The highest BCUT2D eigenvalue weighted by Crippen LogP contribution is 2.28. The zero-order valence-corrected chi connectivity index (χ0v) is 13.5. The van der Waals surface area contributed by atoms with Crippen molar-refractivity contribution in [1.29, 1.82) is 0 Å². The normalized spacial score (nSPS) is 12.4. The molecule has 2 aromatic carbocycles. The molecule has 2 rings (SSSR count). The van der Waals surface area contributed by atoms with Crippen molar-refractivity contribution in [2.45, 2.75) is 19.4 Å². The van der Waals surface area contributed by atoms with Crippen LogP contribution in [0.25, 0.3) is 0 Å². The highest BCUT2D eigenvalue weighted by atomic mass is 79.9. The Bertz CT molecular complexity index is 551. The zero-order valence-electron chi connectivity index (χ0n) is 11.2. The van der Waals surface area contributed by atoms with Crippen LogP contribution in [-0.2, 0) is 6.42 Å². The Labute approximate surface area is 132 Å². The lowest BCUT2D eigenvalue weighted by Gasteiger charge is -2.20. The van der Waals surface area contributed by atoms with Crippen LogP contribution >= 0.6 is 27.5 Å². The maximum absolute atomic E-state index is 14.1. The first-order chi connectivity index (χ1) is 9.61. The average molecular weight is 357 g/mol. The minimum Gasteiger partial charge on any atom is -0.310 e. The fourth-order valence-electron chi connectivity index (χ4n) is 2.22. The molecule has 0 saturated carbocycles. The van der Waals surface area contributed by atoms with E-state index in [1.165, 1.54) is 6.07 Å². The topological polar surface area (TPSA) is 12.0 Å². The Morgan fingerprint density at radius 2 is 1.90 bits per heavy atom. The number of benzene rings is 2. The average Bonchev–Trinajstić information content (AvgIpc) is 2.41. The van der Waals surface area contributed by atoms with Crippen LogP contribution in [0.1, 0.15) is 24.1 Å². The molecule has 20 heavy (non-hydrogen) atoms. The van der Waals surface area contributed by atoms with Gasteiger partial charge in [-0.25, -0.2) is 4.39 Å². The maximum atomic E-state index is 14.1. The van der Waals surface area contributed by atoms with Gasteiger partial charge in [0.1, 0.15) is 5.82 Å². The molecule has 0 aliphatic carbocycles. The van der Waals surface area contributed by atoms with Crippen molar-refractivity contribution in [1.82, 2.24) is 5.32 Å². The lowest BCUT2D eigenvalue weighted by Crippen LogP contribution is -2.24. The van der Waals surface area contributed by atoms with Gasteiger partial charge in [-0.05, 0) is 42.8 Å². The molecule has 1 unspecified atom stereocenters. The smallest absolute Gasteiger partial charge is 0.129 e. The molecular weight excluding hydrogens is 341 g/mol. The van der Waals surface area contributed by atoms with Crippen molar-refractivity contribution in [3.8, 4) is 0 Å². The molecule has 106 valence electrons. The number of hydrogen-bond acceptors (Lipinski definition) is 1. The van der Waals surface area contributed by atoms with Gasteiger partial charge in [0.2, 0.25) is 0 Å². The van der Waals surface area contributed by atoms with Crippen molar-refractivity contribution in [2.75, 3.05) is 6.54 Å². The number of rotatable bonds is 5. The Hall–Kier alpha value is -0.900. The molecule has 0 aliphatic heterocycles. The van der Waals surface area contributed by atoms with Crippen LogP contribution in [0.4, 0.5) is 4.39 Å². The van der Waals surface area contributed by atoms with Gasteiger partial charge in [0.05, 0.1) is 0 Å². The SMILES string of the molecule is CCNC(Cc1ccc(Br)cc1)c1c(F)cccc1Cl. The summed E-state index contributed by atoms with van der Waals surface area (Å²) in [6.07, 6.45) is 0.696. The van der Waals surface area contributed by atoms with E-state index >= 15 is 0 Å². The lowest BCUT2D eigenvalue weighted by atomic mass is 9.98. The third-order valence-electron chi connectivity index (χ3n) is 3.15.